The maximum Gasteiger partial charge on any atom is 0.338 e. The highest BCUT2D eigenvalue weighted by Crippen LogP contribution is 2.25. The van der Waals surface area contributed by atoms with E-state index < -0.39 is 5.97 Å². The highest BCUT2D eigenvalue weighted by molar-refractivity contribution is 5.97. The second kappa shape index (κ2) is 10.5. The number of benzene rings is 3. The molecule has 0 spiro atoms. The molecule has 0 saturated heterocycles. The number of amides is 2. The molecule has 0 aliphatic heterocycles. The minimum absolute atomic E-state index is 0.0181. The van der Waals surface area contributed by atoms with Crippen LogP contribution in [0.1, 0.15) is 29.8 Å². The lowest BCUT2D eigenvalue weighted by Crippen LogP contribution is -2.12. The third kappa shape index (κ3) is 6.00. The molecular formula is C27H24N4O4. The Balaban J connectivity index is 1.61. The summed E-state index contributed by atoms with van der Waals surface area (Å²) in [5, 5.41) is 9.98. The van der Waals surface area contributed by atoms with Gasteiger partial charge in [-0.1, -0.05) is 48.5 Å². The molecule has 2 amide bonds. The van der Waals surface area contributed by atoms with Crippen LogP contribution in [-0.2, 0) is 20.9 Å². The number of aromatic nitrogens is 2. The zero-order chi connectivity index (χ0) is 24.8. The van der Waals surface area contributed by atoms with Gasteiger partial charge in [0.2, 0.25) is 11.8 Å². The Morgan fingerprint density at radius 2 is 1.40 bits per heavy atom. The lowest BCUT2D eigenvalue weighted by molar-refractivity contribution is -0.115. The van der Waals surface area contributed by atoms with Gasteiger partial charge in [-0.25, -0.2) is 9.48 Å². The van der Waals surface area contributed by atoms with E-state index in [9.17, 15) is 14.4 Å². The molecule has 35 heavy (non-hydrogen) atoms. The number of esters is 1. The summed E-state index contributed by atoms with van der Waals surface area (Å²) < 4.78 is 7.38. The summed E-state index contributed by atoms with van der Waals surface area (Å²) in [4.78, 5) is 36.0. The molecule has 0 radical (unpaired) electrons. The molecule has 0 fully saturated rings. The first-order valence-electron chi connectivity index (χ1n) is 11.0. The third-order valence-corrected chi connectivity index (χ3v) is 5.03. The Bertz CT molecular complexity index is 1330. The van der Waals surface area contributed by atoms with Gasteiger partial charge in [0.05, 0.1) is 16.9 Å². The molecule has 0 bridgehead atoms. The quantitative estimate of drug-likeness (QED) is 0.379. The van der Waals surface area contributed by atoms with Gasteiger partial charge in [-0.05, 0) is 30.3 Å². The van der Waals surface area contributed by atoms with Gasteiger partial charge in [-0.3, -0.25) is 9.59 Å². The van der Waals surface area contributed by atoms with E-state index in [1.807, 2.05) is 66.9 Å². The van der Waals surface area contributed by atoms with Crippen molar-refractivity contribution in [1.82, 2.24) is 9.78 Å². The molecule has 8 nitrogen and oxygen atoms in total. The van der Waals surface area contributed by atoms with Gasteiger partial charge in [0, 0.05) is 42.5 Å². The molecule has 8 heteroatoms. The van der Waals surface area contributed by atoms with E-state index >= 15 is 0 Å². The van der Waals surface area contributed by atoms with Gasteiger partial charge < -0.3 is 15.4 Å². The van der Waals surface area contributed by atoms with Crippen LogP contribution in [0, 0.1) is 0 Å². The summed E-state index contributed by atoms with van der Waals surface area (Å²) in [6.07, 6.45) is 1.83. The average Bonchev–Trinajstić information content (AvgIpc) is 3.27. The van der Waals surface area contributed by atoms with Crippen LogP contribution in [0.2, 0.25) is 0 Å². The highest BCUT2D eigenvalue weighted by Gasteiger charge is 2.16. The van der Waals surface area contributed by atoms with E-state index in [0.717, 1.165) is 16.8 Å². The van der Waals surface area contributed by atoms with Gasteiger partial charge in [0.25, 0.3) is 0 Å². The lowest BCUT2D eigenvalue weighted by atomic mass is 10.1. The highest BCUT2D eigenvalue weighted by atomic mass is 16.5. The van der Waals surface area contributed by atoms with E-state index in [1.165, 1.54) is 26.0 Å². The van der Waals surface area contributed by atoms with Crippen molar-refractivity contribution in [3.8, 4) is 16.9 Å². The first-order chi connectivity index (χ1) is 16.9. The number of hydrogen-bond acceptors (Lipinski definition) is 5. The van der Waals surface area contributed by atoms with Crippen molar-refractivity contribution in [3.63, 3.8) is 0 Å². The summed E-state index contributed by atoms with van der Waals surface area (Å²) in [6, 6.07) is 23.9. The molecule has 4 aromatic rings. The molecule has 1 aromatic heterocycles. The van der Waals surface area contributed by atoms with Crippen molar-refractivity contribution in [3.05, 3.63) is 96.2 Å². The molecular weight excluding hydrogens is 444 g/mol. The SMILES string of the molecule is CC(=O)Nc1cc(NC(C)=O)cc(C(=O)OCc2cn(-c3ccccc3)nc2-c2ccccc2)c1. The summed E-state index contributed by atoms with van der Waals surface area (Å²) in [6.45, 7) is 2.70. The molecule has 176 valence electrons. The second-order valence-electron chi connectivity index (χ2n) is 7.89. The van der Waals surface area contributed by atoms with Gasteiger partial charge in [0.1, 0.15) is 6.61 Å². The van der Waals surface area contributed by atoms with E-state index in [-0.39, 0.29) is 24.0 Å². The number of nitrogens with zero attached hydrogens (tertiary/aromatic N) is 2. The molecule has 2 N–H and O–H groups in total. The van der Waals surface area contributed by atoms with Crippen LogP contribution in [0.4, 0.5) is 11.4 Å². The van der Waals surface area contributed by atoms with Crippen LogP contribution >= 0.6 is 0 Å². The van der Waals surface area contributed by atoms with E-state index in [1.54, 1.807) is 10.7 Å². The van der Waals surface area contributed by atoms with Crippen molar-refractivity contribution in [2.75, 3.05) is 10.6 Å². The number of carbonyl (C=O) groups is 3. The fourth-order valence-corrected chi connectivity index (χ4v) is 3.59. The minimum atomic E-state index is -0.602. The second-order valence-corrected chi connectivity index (χ2v) is 7.89. The molecule has 0 saturated carbocycles. The normalized spacial score (nSPS) is 10.5. The maximum absolute atomic E-state index is 12.9. The summed E-state index contributed by atoms with van der Waals surface area (Å²) in [7, 11) is 0. The van der Waals surface area contributed by atoms with Crippen LogP contribution in [0.5, 0.6) is 0 Å². The van der Waals surface area contributed by atoms with Crippen LogP contribution in [0.25, 0.3) is 16.9 Å². The van der Waals surface area contributed by atoms with Gasteiger partial charge in [0.15, 0.2) is 0 Å². The molecule has 4 rings (SSSR count). The number of anilines is 2. The molecule has 3 aromatic carbocycles. The van der Waals surface area contributed by atoms with E-state index in [0.29, 0.717) is 17.1 Å². The number of hydrogen-bond donors (Lipinski definition) is 2. The third-order valence-electron chi connectivity index (χ3n) is 5.03. The Kier molecular flexibility index (Phi) is 7.02. The van der Waals surface area contributed by atoms with Crippen molar-refractivity contribution in [2.45, 2.75) is 20.5 Å². The summed E-state index contributed by atoms with van der Waals surface area (Å²) in [5.74, 6) is -1.20. The monoisotopic (exact) mass is 468 g/mol. The van der Waals surface area contributed by atoms with Crippen LogP contribution in [0.15, 0.2) is 85.1 Å². The molecule has 0 atom stereocenters. The Labute approximate surface area is 202 Å². The fourth-order valence-electron chi connectivity index (χ4n) is 3.59. The van der Waals surface area contributed by atoms with Crippen molar-refractivity contribution < 1.29 is 19.1 Å². The lowest BCUT2D eigenvalue weighted by Gasteiger charge is -2.11. The fraction of sp³-hybridized carbons (Fsp3) is 0.111. The van der Waals surface area contributed by atoms with E-state index in [4.69, 9.17) is 9.84 Å². The average molecular weight is 469 g/mol. The molecule has 0 unspecified atom stereocenters. The zero-order valence-electron chi connectivity index (χ0n) is 19.3. The van der Waals surface area contributed by atoms with Crippen LogP contribution in [-0.4, -0.2) is 27.6 Å². The number of ether oxygens (including phenoxy) is 1. The number of rotatable bonds is 7. The first kappa shape index (κ1) is 23.4. The van der Waals surface area contributed by atoms with Gasteiger partial charge in [-0.15, -0.1) is 0 Å². The summed E-state index contributed by atoms with van der Waals surface area (Å²) >= 11 is 0. The standard InChI is InChI=1S/C27H24N4O4/c1-18(32)28-23-13-21(14-24(15-23)29-19(2)33)27(34)35-17-22-16-31(25-11-7-4-8-12-25)30-26(22)20-9-5-3-6-10-20/h3-16H,17H2,1-2H3,(H,28,32)(H,29,33). The number of para-hydroxylation sites is 1. The maximum atomic E-state index is 12.9. The van der Waals surface area contributed by atoms with Crippen LogP contribution < -0.4 is 10.6 Å². The predicted molar refractivity (Wildman–Crippen MR) is 133 cm³/mol. The number of carbonyl (C=O) groups excluding carboxylic acids is 3. The van der Waals surface area contributed by atoms with Gasteiger partial charge in [-0.2, -0.15) is 5.10 Å². The zero-order valence-corrected chi connectivity index (χ0v) is 19.3. The summed E-state index contributed by atoms with van der Waals surface area (Å²) in [5.41, 5.74) is 4.15. The first-order valence-corrected chi connectivity index (χ1v) is 11.0. The molecule has 0 aliphatic carbocycles. The Morgan fingerprint density at radius 1 is 0.829 bits per heavy atom. The number of nitrogens with one attached hydrogen (secondary N) is 2. The minimum Gasteiger partial charge on any atom is -0.457 e. The largest absolute Gasteiger partial charge is 0.457 e. The Hall–Kier alpha value is -4.72. The van der Waals surface area contributed by atoms with Crippen molar-refractivity contribution in [2.24, 2.45) is 0 Å². The topological polar surface area (TPSA) is 102 Å². The van der Waals surface area contributed by atoms with Gasteiger partial charge >= 0.3 is 5.97 Å². The van der Waals surface area contributed by atoms with E-state index in [2.05, 4.69) is 10.6 Å². The van der Waals surface area contributed by atoms with Crippen molar-refractivity contribution in [1.29, 1.82) is 0 Å². The Morgan fingerprint density at radius 3 is 1.97 bits per heavy atom. The van der Waals surface area contributed by atoms with Crippen LogP contribution in [0.3, 0.4) is 0 Å². The smallest absolute Gasteiger partial charge is 0.338 e. The molecule has 1 heterocycles. The molecule has 0 aliphatic rings. The predicted octanol–water partition coefficient (Wildman–Crippen LogP) is 4.81. The van der Waals surface area contributed by atoms with Crippen molar-refractivity contribution >= 4 is 29.2 Å².